The zero-order valence-electron chi connectivity index (χ0n) is 13.7. The summed E-state index contributed by atoms with van der Waals surface area (Å²) in [4.78, 5) is 20.4. The first-order valence-electron chi connectivity index (χ1n) is 8.18. The van der Waals surface area contributed by atoms with E-state index in [1.807, 2.05) is 7.05 Å². The van der Waals surface area contributed by atoms with Crippen molar-refractivity contribution in [2.45, 2.75) is 6.42 Å². The molecule has 1 atom stereocenters. The van der Waals surface area contributed by atoms with Crippen molar-refractivity contribution in [1.82, 2.24) is 19.9 Å². The van der Waals surface area contributed by atoms with Crippen molar-refractivity contribution in [3.05, 3.63) is 36.7 Å². The number of hydrogen-bond donors (Lipinski definition) is 2. The minimum atomic E-state index is 0.258. The Morgan fingerprint density at radius 3 is 2.96 bits per heavy atom. The Labute approximate surface area is 140 Å². The van der Waals surface area contributed by atoms with Gasteiger partial charge in [0.2, 0.25) is 5.95 Å². The number of anilines is 3. The maximum atomic E-state index is 5.82. The van der Waals surface area contributed by atoms with E-state index in [4.69, 9.17) is 5.73 Å². The van der Waals surface area contributed by atoms with Crippen LogP contribution in [0.4, 0.5) is 17.5 Å². The van der Waals surface area contributed by atoms with E-state index in [0.29, 0.717) is 11.6 Å². The van der Waals surface area contributed by atoms with Gasteiger partial charge in [-0.3, -0.25) is 0 Å². The van der Waals surface area contributed by atoms with Crippen LogP contribution in [0.1, 0.15) is 6.42 Å². The number of nitrogens with zero attached hydrogens (tertiary/aromatic N) is 5. The zero-order valence-corrected chi connectivity index (χ0v) is 13.7. The van der Waals surface area contributed by atoms with Crippen molar-refractivity contribution < 1.29 is 0 Å². The molecule has 1 fully saturated rings. The summed E-state index contributed by atoms with van der Waals surface area (Å²) in [5.74, 6) is 1.66. The molecule has 1 saturated heterocycles. The van der Waals surface area contributed by atoms with Crippen LogP contribution in [0.5, 0.6) is 0 Å². The Balaban J connectivity index is 1.48. The molecule has 3 heterocycles. The highest BCUT2D eigenvalue weighted by atomic mass is 15.2. The number of benzene rings is 1. The minimum Gasteiger partial charge on any atom is -0.371 e. The van der Waals surface area contributed by atoms with Gasteiger partial charge in [0.05, 0.1) is 6.33 Å². The Kier molecular flexibility index (Phi) is 3.68. The van der Waals surface area contributed by atoms with E-state index in [1.54, 1.807) is 6.33 Å². The third kappa shape index (κ3) is 2.73. The second-order valence-electron chi connectivity index (χ2n) is 6.32. The molecule has 1 aliphatic heterocycles. The summed E-state index contributed by atoms with van der Waals surface area (Å²) in [5.41, 5.74) is 8.56. The maximum absolute atomic E-state index is 5.82. The quantitative estimate of drug-likeness (QED) is 0.762. The van der Waals surface area contributed by atoms with Gasteiger partial charge < -0.3 is 20.5 Å². The first-order valence-corrected chi connectivity index (χ1v) is 8.18. The molecule has 7 nitrogen and oxygen atoms in total. The molecule has 2 aromatic heterocycles. The van der Waals surface area contributed by atoms with Crippen LogP contribution in [0.25, 0.3) is 11.2 Å². The third-order valence-corrected chi connectivity index (χ3v) is 4.58. The number of para-hydroxylation sites is 1. The third-order valence-electron chi connectivity index (χ3n) is 4.58. The number of nitrogens with two attached hydrogens (primary N) is 1. The van der Waals surface area contributed by atoms with Crippen LogP contribution in [0.3, 0.4) is 0 Å². The summed E-state index contributed by atoms with van der Waals surface area (Å²) in [6.07, 6.45) is 2.80. The highest BCUT2D eigenvalue weighted by Crippen LogP contribution is 2.26. The number of hydrogen-bond acceptors (Lipinski definition) is 6. The molecule has 7 heteroatoms. The van der Waals surface area contributed by atoms with Gasteiger partial charge in [-0.2, -0.15) is 9.97 Å². The van der Waals surface area contributed by atoms with E-state index in [1.165, 1.54) is 12.1 Å². The molecule has 1 aromatic carbocycles. The molecular formula is C17H21N7. The molecule has 124 valence electrons. The lowest BCUT2D eigenvalue weighted by Gasteiger charge is -2.23. The van der Waals surface area contributed by atoms with Gasteiger partial charge >= 0.3 is 0 Å². The number of nitrogen functional groups attached to an aromatic ring is 1. The lowest BCUT2D eigenvalue weighted by atomic mass is 10.1. The summed E-state index contributed by atoms with van der Waals surface area (Å²) in [6.45, 7) is 3.07. The molecule has 24 heavy (non-hydrogen) atoms. The van der Waals surface area contributed by atoms with Crippen molar-refractivity contribution >= 4 is 28.6 Å². The second kappa shape index (κ2) is 5.99. The number of aromatic nitrogens is 4. The smallest absolute Gasteiger partial charge is 0.224 e. The lowest BCUT2D eigenvalue weighted by molar-refractivity contribution is 0.582. The van der Waals surface area contributed by atoms with Gasteiger partial charge in [-0.05, 0) is 24.5 Å². The molecular weight excluding hydrogens is 302 g/mol. The number of rotatable bonds is 4. The van der Waals surface area contributed by atoms with Crippen molar-refractivity contribution in [2.24, 2.45) is 5.92 Å². The molecule has 0 saturated carbocycles. The van der Waals surface area contributed by atoms with E-state index in [2.05, 4.69) is 60.1 Å². The first kappa shape index (κ1) is 14.7. The Hall–Kier alpha value is -2.83. The fraction of sp³-hybridized carbons (Fsp3) is 0.353. The standard InChI is InChI=1S/C17H21N7/c1-23(16-14-15(20-11-19-14)21-17(18)22-16)9-12-7-8-24(10-12)13-5-3-2-4-6-13/h2-6,11-12H,7-10H2,1H3,(H3,18,19,20,21,22)/t12-/m1/s1. The molecule has 0 unspecified atom stereocenters. The summed E-state index contributed by atoms with van der Waals surface area (Å²) < 4.78 is 0. The molecule has 3 N–H and O–H groups in total. The van der Waals surface area contributed by atoms with Gasteiger partial charge in [-0.15, -0.1) is 0 Å². The van der Waals surface area contributed by atoms with E-state index < -0.39 is 0 Å². The summed E-state index contributed by atoms with van der Waals surface area (Å²) in [5, 5.41) is 0. The van der Waals surface area contributed by atoms with Crippen LogP contribution in [0.15, 0.2) is 36.7 Å². The first-order chi connectivity index (χ1) is 11.7. The average molecular weight is 323 g/mol. The van der Waals surface area contributed by atoms with Crippen molar-refractivity contribution in [1.29, 1.82) is 0 Å². The number of aromatic amines is 1. The van der Waals surface area contributed by atoms with Crippen LogP contribution in [-0.2, 0) is 0 Å². The van der Waals surface area contributed by atoms with Gasteiger partial charge in [0, 0.05) is 32.4 Å². The summed E-state index contributed by atoms with van der Waals surface area (Å²) in [6, 6.07) is 10.6. The van der Waals surface area contributed by atoms with E-state index in [0.717, 1.165) is 31.0 Å². The lowest BCUT2D eigenvalue weighted by Crippen LogP contribution is -2.29. The molecule has 0 radical (unpaired) electrons. The van der Waals surface area contributed by atoms with Gasteiger partial charge in [0.1, 0.15) is 5.52 Å². The molecule has 0 spiro atoms. The fourth-order valence-electron chi connectivity index (χ4n) is 3.44. The second-order valence-corrected chi connectivity index (χ2v) is 6.32. The van der Waals surface area contributed by atoms with Crippen molar-refractivity contribution in [3.63, 3.8) is 0 Å². The molecule has 0 bridgehead atoms. The number of fused-ring (bicyclic) bond motifs is 1. The summed E-state index contributed by atoms with van der Waals surface area (Å²) >= 11 is 0. The number of H-pyrrole nitrogens is 1. The van der Waals surface area contributed by atoms with E-state index in [-0.39, 0.29) is 5.95 Å². The monoisotopic (exact) mass is 323 g/mol. The van der Waals surface area contributed by atoms with Crippen molar-refractivity contribution in [3.8, 4) is 0 Å². The predicted molar refractivity (Wildman–Crippen MR) is 96.1 cm³/mol. The van der Waals surface area contributed by atoms with E-state index >= 15 is 0 Å². The fourth-order valence-corrected chi connectivity index (χ4v) is 3.44. The van der Waals surface area contributed by atoms with Crippen LogP contribution >= 0.6 is 0 Å². The average Bonchev–Trinajstić information content (AvgIpc) is 3.24. The largest absolute Gasteiger partial charge is 0.371 e. The molecule has 4 rings (SSSR count). The van der Waals surface area contributed by atoms with Crippen LogP contribution in [0, 0.1) is 5.92 Å². The maximum Gasteiger partial charge on any atom is 0.224 e. The van der Waals surface area contributed by atoms with Crippen LogP contribution in [0.2, 0.25) is 0 Å². The Morgan fingerprint density at radius 1 is 1.29 bits per heavy atom. The number of nitrogens with one attached hydrogen (secondary N) is 1. The zero-order chi connectivity index (χ0) is 16.5. The van der Waals surface area contributed by atoms with Crippen molar-refractivity contribution in [2.75, 3.05) is 42.2 Å². The van der Waals surface area contributed by atoms with Crippen LogP contribution < -0.4 is 15.5 Å². The van der Waals surface area contributed by atoms with Gasteiger partial charge in [-0.25, -0.2) is 4.98 Å². The van der Waals surface area contributed by atoms with Gasteiger partial charge in [-0.1, -0.05) is 18.2 Å². The molecule has 3 aromatic rings. The van der Waals surface area contributed by atoms with Crippen LogP contribution in [-0.4, -0.2) is 46.6 Å². The highest BCUT2D eigenvalue weighted by Gasteiger charge is 2.25. The van der Waals surface area contributed by atoms with Gasteiger partial charge in [0.25, 0.3) is 0 Å². The molecule has 0 amide bonds. The topological polar surface area (TPSA) is 87.0 Å². The predicted octanol–water partition coefficient (Wildman–Crippen LogP) is 1.90. The highest BCUT2D eigenvalue weighted by molar-refractivity contribution is 5.84. The summed E-state index contributed by atoms with van der Waals surface area (Å²) in [7, 11) is 2.05. The SMILES string of the molecule is CN(C[C@H]1CCN(c2ccccc2)C1)c1nc(N)nc2nc[nH]c12. The Morgan fingerprint density at radius 2 is 2.12 bits per heavy atom. The molecule has 1 aliphatic rings. The normalized spacial score (nSPS) is 17.5. The van der Waals surface area contributed by atoms with E-state index in [9.17, 15) is 0 Å². The molecule has 0 aliphatic carbocycles. The van der Waals surface area contributed by atoms with Gasteiger partial charge in [0.15, 0.2) is 11.5 Å². The minimum absolute atomic E-state index is 0.258. The Bertz CT molecular complexity index is 829. The number of imidazole rings is 1.